The molecule has 0 amide bonds. The molecule has 6 rings (SSSR count). The summed E-state index contributed by atoms with van der Waals surface area (Å²) in [6.45, 7) is 4.37. The van der Waals surface area contributed by atoms with Crippen LogP contribution in [0.2, 0.25) is 0 Å². The molecule has 0 aliphatic heterocycles. The lowest BCUT2D eigenvalue weighted by Gasteiger charge is -2.23. The molecule has 5 heteroatoms. The van der Waals surface area contributed by atoms with Gasteiger partial charge in [0.25, 0.3) is 0 Å². The number of ketones is 1. The van der Waals surface area contributed by atoms with Gasteiger partial charge in [0.05, 0.1) is 25.0 Å². The first-order chi connectivity index (χ1) is 20.5. The van der Waals surface area contributed by atoms with Crippen LogP contribution in [0.5, 0.6) is 0 Å². The summed E-state index contributed by atoms with van der Waals surface area (Å²) in [5.74, 6) is -0.522. The van der Waals surface area contributed by atoms with E-state index in [2.05, 4.69) is 48.5 Å². The van der Waals surface area contributed by atoms with Gasteiger partial charge in [-0.1, -0.05) is 84.9 Å². The molecule has 216 valence electrons. The topological polar surface area (TPSA) is 69.7 Å². The molecule has 4 aromatic carbocycles. The molecule has 0 aromatic heterocycles. The molecule has 6 unspecified atom stereocenters. The summed E-state index contributed by atoms with van der Waals surface area (Å²) < 4.78 is 10.7. The first-order valence-electron chi connectivity index (χ1n) is 15.3. The number of Topliss-reactive ketones (excluding diaryl/α,β-unsaturated/α-hetero) is 1. The molecule has 6 atom stereocenters. The van der Waals surface area contributed by atoms with Gasteiger partial charge in [-0.05, 0) is 83.0 Å². The zero-order valence-electron chi connectivity index (χ0n) is 24.3. The SMILES string of the molecule is CCOC(=O)C1CC1C(CC(=O)CC(c1cccc2ccccc12)C1CC1C(=O)OCC)c1cccc2ccccc12. The van der Waals surface area contributed by atoms with E-state index < -0.39 is 0 Å². The maximum absolute atomic E-state index is 14.1. The normalized spacial score (nSPS) is 22.3. The van der Waals surface area contributed by atoms with Gasteiger partial charge in [-0.3, -0.25) is 14.4 Å². The van der Waals surface area contributed by atoms with Crippen LogP contribution in [0, 0.1) is 23.7 Å². The summed E-state index contributed by atoms with van der Waals surface area (Å²) in [6.07, 6.45) is 2.18. The highest BCUT2D eigenvalue weighted by atomic mass is 16.5. The van der Waals surface area contributed by atoms with Crippen molar-refractivity contribution in [3.8, 4) is 0 Å². The van der Waals surface area contributed by atoms with Crippen LogP contribution in [0.4, 0.5) is 0 Å². The molecule has 2 aliphatic carbocycles. The average molecular weight is 563 g/mol. The van der Waals surface area contributed by atoms with Crippen molar-refractivity contribution in [3.63, 3.8) is 0 Å². The van der Waals surface area contributed by atoms with Gasteiger partial charge in [-0.15, -0.1) is 0 Å². The Morgan fingerprint density at radius 1 is 0.619 bits per heavy atom. The molecule has 42 heavy (non-hydrogen) atoms. The van der Waals surface area contributed by atoms with E-state index in [1.165, 1.54) is 0 Å². The molecule has 0 bridgehead atoms. The molecule has 0 spiro atoms. The lowest BCUT2D eigenvalue weighted by molar-refractivity contribution is -0.146. The number of hydrogen-bond donors (Lipinski definition) is 0. The number of carbonyl (C=O) groups is 3. The Morgan fingerprint density at radius 2 is 1.02 bits per heavy atom. The maximum atomic E-state index is 14.1. The lowest BCUT2D eigenvalue weighted by Crippen LogP contribution is -2.18. The van der Waals surface area contributed by atoms with Gasteiger partial charge in [-0.2, -0.15) is 0 Å². The summed E-state index contributed by atoms with van der Waals surface area (Å²) >= 11 is 0. The molecule has 2 saturated carbocycles. The third kappa shape index (κ3) is 5.70. The third-order valence-corrected chi connectivity index (χ3v) is 9.23. The molecule has 0 radical (unpaired) electrons. The molecule has 4 aromatic rings. The lowest BCUT2D eigenvalue weighted by atomic mass is 9.80. The van der Waals surface area contributed by atoms with Crippen LogP contribution in [0.25, 0.3) is 21.5 Å². The number of ether oxygens (including phenoxy) is 2. The second-order valence-corrected chi connectivity index (χ2v) is 11.8. The standard InChI is InChI=1S/C37H38O5/c1-3-41-36(39)34-21-32(34)30(28-17-9-13-23-11-5-7-15-26(23)28)19-25(38)20-31(33-22-35(33)37(40)42-4-2)29-18-10-14-24-12-6-8-16-27(24)29/h5-18,30-35H,3-4,19-22H2,1-2H3. The van der Waals surface area contributed by atoms with E-state index >= 15 is 0 Å². The minimum Gasteiger partial charge on any atom is -0.466 e. The van der Waals surface area contributed by atoms with Crippen LogP contribution in [0.3, 0.4) is 0 Å². The van der Waals surface area contributed by atoms with Crippen molar-refractivity contribution in [1.29, 1.82) is 0 Å². The molecular formula is C37H38O5. The number of carbonyl (C=O) groups excluding carboxylic acids is 3. The highest BCUT2D eigenvalue weighted by Crippen LogP contribution is 2.54. The van der Waals surface area contributed by atoms with E-state index in [1.54, 1.807) is 0 Å². The van der Waals surface area contributed by atoms with Crippen molar-refractivity contribution in [2.75, 3.05) is 13.2 Å². The molecule has 5 nitrogen and oxygen atoms in total. The van der Waals surface area contributed by atoms with Crippen LogP contribution < -0.4 is 0 Å². The van der Waals surface area contributed by atoms with Crippen molar-refractivity contribution in [3.05, 3.63) is 96.1 Å². The summed E-state index contributed by atoms with van der Waals surface area (Å²) in [4.78, 5) is 39.5. The maximum Gasteiger partial charge on any atom is 0.309 e. The van der Waals surface area contributed by atoms with Crippen LogP contribution in [0.1, 0.15) is 62.5 Å². The summed E-state index contributed by atoms with van der Waals surface area (Å²) in [6, 6.07) is 29.0. The molecular weight excluding hydrogens is 524 g/mol. The molecule has 2 fully saturated rings. The first-order valence-corrected chi connectivity index (χ1v) is 15.3. The van der Waals surface area contributed by atoms with Crippen molar-refractivity contribution in [1.82, 2.24) is 0 Å². The van der Waals surface area contributed by atoms with E-state index in [0.29, 0.717) is 26.1 Å². The number of hydrogen-bond acceptors (Lipinski definition) is 5. The summed E-state index contributed by atoms with van der Waals surface area (Å²) in [5, 5.41) is 4.51. The second kappa shape index (κ2) is 12.1. The fourth-order valence-electron chi connectivity index (χ4n) is 7.06. The van der Waals surface area contributed by atoms with Crippen molar-refractivity contribution in [2.24, 2.45) is 23.7 Å². The Kier molecular flexibility index (Phi) is 8.10. The molecule has 0 heterocycles. The van der Waals surface area contributed by atoms with Crippen molar-refractivity contribution in [2.45, 2.75) is 51.4 Å². The minimum absolute atomic E-state index is 0.0722. The Labute approximate surface area is 247 Å². The largest absolute Gasteiger partial charge is 0.466 e. The van der Waals surface area contributed by atoms with Crippen molar-refractivity contribution >= 4 is 39.3 Å². The summed E-state index contributed by atoms with van der Waals surface area (Å²) in [5.41, 5.74) is 2.24. The fourth-order valence-corrected chi connectivity index (χ4v) is 7.06. The van der Waals surface area contributed by atoms with E-state index in [1.807, 2.05) is 50.2 Å². The Hall–Kier alpha value is -3.99. The molecule has 0 N–H and O–H groups in total. The number of benzene rings is 4. The van der Waals surface area contributed by atoms with Gasteiger partial charge < -0.3 is 9.47 Å². The Balaban J connectivity index is 1.31. The van der Waals surface area contributed by atoms with Crippen LogP contribution in [-0.2, 0) is 23.9 Å². The predicted molar refractivity (Wildman–Crippen MR) is 164 cm³/mol. The van der Waals surface area contributed by atoms with Gasteiger partial charge in [-0.25, -0.2) is 0 Å². The quantitative estimate of drug-likeness (QED) is 0.166. The number of esters is 2. The van der Waals surface area contributed by atoms with E-state index in [-0.39, 0.29) is 53.2 Å². The van der Waals surface area contributed by atoms with Gasteiger partial charge >= 0.3 is 11.9 Å². The van der Waals surface area contributed by atoms with Crippen LogP contribution >= 0.6 is 0 Å². The van der Waals surface area contributed by atoms with Gasteiger partial charge in [0, 0.05) is 12.8 Å². The van der Waals surface area contributed by atoms with Crippen LogP contribution in [-0.4, -0.2) is 30.9 Å². The van der Waals surface area contributed by atoms with Gasteiger partial charge in [0.1, 0.15) is 5.78 Å². The number of rotatable bonds is 12. The predicted octanol–water partition coefficient (Wildman–Crippen LogP) is 7.61. The highest BCUT2D eigenvalue weighted by molar-refractivity contribution is 5.90. The Bertz CT molecular complexity index is 1490. The molecule has 2 aliphatic rings. The average Bonchev–Trinajstić information content (AvgIpc) is 3.94. The third-order valence-electron chi connectivity index (χ3n) is 9.23. The monoisotopic (exact) mass is 562 g/mol. The highest BCUT2D eigenvalue weighted by Gasteiger charge is 2.52. The smallest absolute Gasteiger partial charge is 0.309 e. The first kappa shape index (κ1) is 28.1. The van der Waals surface area contributed by atoms with E-state index in [4.69, 9.17) is 9.47 Å². The van der Waals surface area contributed by atoms with Crippen molar-refractivity contribution < 1.29 is 23.9 Å². The minimum atomic E-state index is -0.174. The Morgan fingerprint density at radius 3 is 1.45 bits per heavy atom. The van der Waals surface area contributed by atoms with E-state index in [0.717, 1.165) is 45.5 Å². The fraction of sp³-hybridized carbons (Fsp3) is 0.378. The van der Waals surface area contributed by atoms with E-state index in [9.17, 15) is 14.4 Å². The number of fused-ring (bicyclic) bond motifs is 2. The second-order valence-electron chi connectivity index (χ2n) is 11.8. The zero-order valence-corrected chi connectivity index (χ0v) is 24.3. The van der Waals surface area contributed by atoms with Gasteiger partial charge in [0.15, 0.2) is 0 Å². The molecule has 0 saturated heterocycles. The van der Waals surface area contributed by atoms with Gasteiger partial charge in [0.2, 0.25) is 0 Å². The van der Waals surface area contributed by atoms with Crippen LogP contribution in [0.15, 0.2) is 84.9 Å². The summed E-state index contributed by atoms with van der Waals surface area (Å²) in [7, 11) is 0. The zero-order chi connectivity index (χ0) is 29.2.